The molecular formula is C22H18ClF3N4O. The quantitative estimate of drug-likeness (QED) is 0.525. The molecule has 1 amide bonds. The Labute approximate surface area is 181 Å². The minimum Gasteiger partial charge on any atom is -0.398 e. The van der Waals surface area contributed by atoms with Crippen LogP contribution in [0.15, 0.2) is 54.6 Å². The highest BCUT2D eigenvalue weighted by Crippen LogP contribution is 2.46. The summed E-state index contributed by atoms with van der Waals surface area (Å²) in [6, 6.07) is 14.4. The molecule has 0 atom stereocenters. The minimum absolute atomic E-state index is 0.107. The van der Waals surface area contributed by atoms with E-state index < -0.39 is 17.4 Å². The van der Waals surface area contributed by atoms with Gasteiger partial charge in [-0.25, -0.2) is 4.98 Å². The van der Waals surface area contributed by atoms with E-state index in [-0.39, 0.29) is 23.0 Å². The van der Waals surface area contributed by atoms with E-state index >= 15 is 0 Å². The van der Waals surface area contributed by atoms with Crippen LogP contribution in [-0.2, 0) is 11.7 Å². The van der Waals surface area contributed by atoms with Gasteiger partial charge in [-0.3, -0.25) is 4.79 Å². The Bertz CT molecular complexity index is 1120. The van der Waals surface area contributed by atoms with Gasteiger partial charge >= 0.3 is 6.18 Å². The number of alkyl halides is 3. The summed E-state index contributed by atoms with van der Waals surface area (Å²) in [5.74, 6) is -0.504. The molecule has 1 saturated carbocycles. The van der Waals surface area contributed by atoms with Gasteiger partial charge < -0.3 is 16.8 Å². The van der Waals surface area contributed by atoms with E-state index in [1.165, 1.54) is 0 Å². The number of benzene rings is 2. The van der Waals surface area contributed by atoms with Gasteiger partial charge in [0, 0.05) is 21.8 Å². The molecule has 1 heterocycles. The number of nitrogens with two attached hydrogens (primary N) is 2. The number of amides is 1. The fourth-order valence-corrected chi connectivity index (χ4v) is 3.63. The molecule has 0 spiro atoms. The third-order valence-corrected chi connectivity index (χ3v) is 5.56. The molecule has 0 saturated heterocycles. The average Bonchev–Trinajstić information content (AvgIpc) is 3.48. The molecular weight excluding hydrogens is 429 g/mol. The molecule has 5 nitrogen and oxygen atoms in total. The van der Waals surface area contributed by atoms with Gasteiger partial charge in [0.05, 0.1) is 5.54 Å². The van der Waals surface area contributed by atoms with Crippen LogP contribution in [0.4, 0.5) is 24.7 Å². The number of anilines is 2. The van der Waals surface area contributed by atoms with Gasteiger partial charge in [0.15, 0.2) is 0 Å². The highest BCUT2D eigenvalue weighted by molar-refractivity contribution is 6.30. The molecule has 0 unspecified atom stereocenters. The number of nitrogens with zero attached hydrogens (tertiary/aromatic N) is 1. The predicted molar refractivity (Wildman–Crippen MR) is 113 cm³/mol. The maximum absolute atomic E-state index is 12.9. The largest absolute Gasteiger partial charge is 0.433 e. The van der Waals surface area contributed by atoms with E-state index in [9.17, 15) is 18.0 Å². The summed E-state index contributed by atoms with van der Waals surface area (Å²) in [5, 5.41) is 3.60. The summed E-state index contributed by atoms with van der Waals surface area (Å²) in [4.78, 5) is 16.0. The van der Waals surface area contributed by atoms with Crippen LogP contribution in [-0.4, -0.2) is 10.9 Å². The first-order valence-electron chi connectivity index (χ1n) is 9.41. The first-order chi connectivity index (χ1) is 14.6. The lowest BCUT2D eigenvalue weighted by Crippen LogP contribution is -2.34. The molecule has 1 aliphatic carbocycles. The van der Waals surface area contributed by atoms with Crippen molar-refractivity contribution in [1.29, 1.82) is 0 Å². The predicted octanol–water partition coefficient (Wildman–Crippen LogP) is 5.00. The zero-order valence-corrected chi connectivity index (χ0v) is 16.9. The molecule has 160 valence electrons. The number of carbonyl (C=O) groups is 1. The number of hydrogen-bond acceptors (Lipinski definition) is 4. The normalized spacial score (nSPS) is 14.8. The topological polar surface area (TPSA) is 94.0 Å². The Balaban J connectivity index is 1.57. The van der Waals surface area contributed by atoms with Crippen LogP contribution < -0.4 is 16.8 Å². The second-order valence-electron chi connectivity index (χ2n) is 7.48. The highest BCUT2D eigenvalue weighted by atomic mass is 35.5. The van der Waals surface area contributed by atoms with Crippen molar-refractivity contribution < 1.29 is 18.0 Å². The molecule has 0 radical (unpaired) electrons. The number of pyridine rings is 1. The lowest BCUT2D eigenvalue weighted by Gasteiger charge is -2.19. The van der Waals surface area contributed by atoms with E-state index in [0.29, 0.717) is 16.1 Å². The zero-order valence-electron chi connectivity index (χ0n) is 16.1. The molecule has 1 fully saturated rings. The average molecular weight is 447 g/mol. The maximum Gasteiger partial charge on any atom is 0.433 e. The summed E-state index contributed by atoms with van der Waals surface area (Å²) < 4.78 is 38.7. The molecule has 4 rings (SSSR count). The molecule has 0 aliphatic heterocycles. The van der Waals surface area contributed by atoms with Crippen molar-refractivity contribution in [2.24, 2.45) is 0 Å². The number of halogens is 4. The fraction of sp³-hybridized carbons (Fsp3) is 0.182. The van der Waals surface area contributed by atoms with E-state index in [0.717, 1.165) is 24.5 Å². The van der Waals surface area contributed by atoms with Crippen molar-refractivity contribution in [3.63, 3.8) is 0 Å². The van der Waals surface area contributed by atoms with E-state index in [4.69, 9.17) is 23.1 Å². The van der Waals surface area contributed by atoms with Crippen molar-refractivity contribution in [2.45, 2.75) is 24.6 Å². The summed E-state index contributed by atoms with van der Waals surface area (Å²) in [5.41, 5.74) is 12.1. The first-order valence-corrected chi connectivity index (χ1v) is 9.79. The Morgan fingerprint density at radius 1 is 1.03 bits per heavy atom. The van der Waals surface area contributed by atoms with Gasteiger partial charge in [0.2, 0.25) is 0 Å². The molecule has 1 aromatic heterocycles. The minimum atomic E-state index is -4.63. The van der Waals surface area contributed by atoms with Crippen LogP contribution in [0.1, 0.15) is 34.5 Å². The van der Waals surface area contributed by atoms with Crippen LogP contribution in [0.25, 0.3) is 11.1 Å². The standard InChI is InChI=1S/C22H18ClF3N4O/c23-15-7-3-13(4-8-15)20(31)30-21(9-10-21)14-5-1-12(2-6-14)18-16(27)11-17(22(24,25)26)29-19(18)28/h1-8,11H,9-10H2,(H,30,31)(H4,27,28,29). The van der Waals surface area contributed by atoms with Gasteiger partial charge in [0.1, 0.15) is 11.5 Å². The Hall–Kier alpha value is -3.26. The summed E-state index contributed by atoms with van der Waals surface area (Å²) >= 11 is 5.87. The molecule has 3 aromatic rings. The first kappa shape index (κ1) is 21.0. The summed E-state index contributed by atoms with van der Waals surface area (Å²) in [6.07, 6.45) is -3.08. The van der Waals surface area contributed by atoms with Gasteiger partial charge in [-0.05, 0) is 54.3 Å². The Morgan fingerprint density at radius 3 is 2.16 bits per heavy atom. The van der Waals surface area contributed by atoms with Gasteiger partial charge in [0.25, 0.3) is 5.91 Å². The summed E-state index contributed by atoms with van der Waals surface area (Å²) in [7, 11) is 0. The molecule has 31 heavy (non-hydrogen) atoms. The lowest BCUT2D eigenvalue weighted by atomic mass is 9.98. The van der Waals surface area contributed by atoms with Crippen LogP contribution in [0, 0.1) is 0 Å². The second-order valence-corrected chi connectivity index (χ2v) is 7.91. The van der Waals surface area contributed by atoms with Crippen LogP contribution in [0.5, 0.6) is 0 Å². The van der Waals surface area contributed by atoms with Gasteiger partial charge in [-0.15, -0.1) is 0 Å². The number of nitrogen functional groups attached to an aromatic ring is 2. The third kappa shape index (κ3) is 4.16. The third-order valence-electron chi connectivity index (χ3n) is 5.30. The van der Waals surface area contributed by atoms with E-state index in [1.807, 2.05) is 0 Å². The van der Waals surface area contributed by atoms with E-state index in [2.05, 4.69) is 10.3 Å². The number of carbonyl (C=O) groups excluding carboxylic acids is 1. The Kier molecular flexibility index (Phi) is 5.05. The highest BCUT2D eigenvalue weighted by Gasteiger charge is 2.45. The van der Waals surface area contributed by atoms with Gasteiger partial charge in [-0.2, -0.15) is 13.2 Å². The second kappa shape index (κ2) is 7.46. The fourth-order valence-electron chi connectivity index (χ4n) is 3.50. The monoisotopic (exact) mass is 446 g/mol. The van der Waals surface area contributed by atoms with Gasteiger partial charge in [-0.1, -0.05) is 35.9 Å². The molecule has 1 aliphatic rings. The van der Waals surface area contributed by atoms with Crippen LogP contribution in [0.3, 0.4) is 0 Å². The molecule has 9 heteroatoms. The maximum atomic E-state index is 12.9. The van der Waals surface area contributed by atoms with Crippen molar-refractivity contribution in [3.8, 4) is 11.1 Å². The van der Waals surface area contributed by atoms with Crippen LogP contribution >= 0.6 is 11.6 Å². The molecule has 5 N–H and O–H groups in total. The van der Waals surface area contributed by atoms with E-state index in [1.54, 1.807) is 48.5 Å². The number of aromatic nitrogens is 1. The molecule has 0 bridgehead atoms. The SMILES string of the molecule is Nc1cc(C(F)(F)F)nc(N)c1-c1ccc(C2(NC(=O)c3ccc(Cl)cc3)CC2)cc1. The number of rotatable bonds is 4. The number of hydrogen-bond donors (Lipinski definition) is 3. The molecule has 2 aromatic carbocycles. The van der Waals surface area contributed by atoms with Crippen LogP contribution in [0.2, 0.25) is 5.02 Å². The van der Waals surface area contributed by atoms with Crippen molar-refractivity contribution in [3.05, 3.63) is 76.4 Å². The summed E-state index contributed by atoms with van der Waals surface area (Å²) in [6.45, 7) is 0. The Morgan fingerprint density at radius 2 is 1.65 bits per heavy atom. The lowest BCUT2D eigenvalue weighted by molar-refractivity contribution is -0.141. The van der Waals surface area contributed by atoms with Crippen molar-refractivity contribution in [1.82, 2.24) is 10.3 Å². The smallest absolute Gasteiger partial charge is 0.398 e. The number of nitrogens with one attached hydrogen (secondary N) is 1. The van der Waals surface area contributed by atoms with Crippen molar-refractivity contribution in [2.75, 3.05) is 11.5 Å². The zero-order chi connectivity index (χ0) is 22.4. The van der Waals surface area contributed by atoms with Crippen molar-refractivity contribution >= 4 is 29.0 Å².